The minimum absolute atomic E-state index is 0.182. The molecule has 2 N–H and O–H groups in total. The van der Waals surface area contributed by atoms with Crippen molar-refractivity contribution in [1.82, 2.24) is 4.98 Å². The molecule has 0 unspecified atom stereocenters. The molecule has 0 radical (unpaired) electrons. The van der Waals surface area contributed by atoms with Crippen LogP contribution in [0.25, 0.3) is 0 Å². The van der Waals surface area contributed by atoms with Crippen LogP contribution in [-0.2, 0) is 0 Å². The van der Waals surface area contributed by atoms with Gasteiger partial charge in [0.2, 0.25) is 0 Å². The van der Waals surface area contributed by atoms with E-state index in [1.807, 2.05) is 13.0 Å². The number of nitriles is 1. The highest BCUT2D eigenvalue weighted by Gasteiger charge is 2.03. The van der Waals surface area contributed by atoms with Gasteiger partial charge in [-0.15, -0.1) is 0 Å². The van der Waals surface area contributed by atoms with Crippen LogP contribution in [0.1, 0.15) is 18.1 Å². The van der Waals surface area contributed by atoms with Gasteiger partial charge in [-0.1, -0.05) is 0 Å². The molecule has 0 fully saturated rings. The molecule has 0 amide bonds. The van der Waals surface area contributed by atoms with Gasteiger partial charge >= 0.3 is 0 Å². The maximum absolute atomic E-state index is 11.2. The fourth-order valence-electron chi connectivity index (χ4n) is 1.11. The molecular weight excluding hydrogens is 166 g/mol. The topological polar surface area (TPSA) is 68.7 Å². The molecule has 1 rings (SSSR count). The third-order valence-corrected chi connectivity index (χ3v) is 1.71. The number of pyridine rings is 1. The zero-order valence-corrected chi connectivity index (χ0v) is 7.64. The SMILES string of the molecule is CCNc1cc(C)c(C#N)c(=O)[nH]1. The van der Waals surface area contributed by atoms with E-state index >= 15 is 0 Å². The first-order valence-electron chi connectivity index (χ1n) is 4.07. The normalized spacial score (nSPS) is 9.31. The van der Waals surface area contributed by atoms with Crippen LogP contribution in [0.3, 0.4) is 0 Å². The maximum Gasteiger partial charge on any atom is 0.267 e. The lowest BCUT2D eigenvalue weighted by atomic mass is 10.2. The number of aromatic amines is 1. The van der Waals surface area contributed by atoms with Gasteiger partial charge < -0.3 is 10.3 Å². The molecule has 0 aliphatic carbocycles. The number of aryl methyl sites for hydroxylation is 1. The number of nitrogens with zero attached hydrogens (tertiary/aromatic N) is 1. The Labute approximate surface area is 76.2 Å². The predicted molar refractivity (Wildman–Crippen MR) is 50.7 cm³/mol. The van der Waals surface area contributed by atoms with E-state index in [2.05, 4.69) is 10.3 Å². The highest BCUT2D eigenvalue weighted by Crippen LogP contribution is 2.06. The number of aromatic nitrogens is 1. The van der Waals surface area contributed by atoms with E-state index in [0.717, 1.165) is 6.54 Å². The summed E-state index contributed by atoms with van der Waals surface area (Å²) in [6.07, 6.45) is 0. The summed E-state index contributed by atoms with van der Waals surface area (Å²) in [7, 11) is 0. The molecule has 0 aliphatic heterocycles. The summed E-state index contributed by atoms with van der Waals surface area (Å²) in [6.45, 7) is 4.42. The summed E-state index contributed by atoms with van der Waals surface area (Å²) in [5.74, 6) is 0.656. The van der Waals surface area contributed by atoms with Crippen molar-refractivity contribution in [2.45, 2.75) is 13.8 Å². The Kier molecular flexibility index (Phi) is 2.70. The second kappa shape index (κ2) is 3.76. The highest BCUT2D eigenvalue weighted by molar-refractivity contribution is 5.44. The van der Waals surface area contributed by atoms with Crippen LogP contribution in [0.5, 0.6) is 0 Å². The third-order valence-electron chi connectivity index (χ3n) is 1.71. The molecule has 13 heavy (non-hydrogen) atoms. The van der Waals surface area contributed by atoms with Crippen molar-refractivity contribution in [1.29, 1.82) is 5.26 Å². The van der Waals surface area contributed by atoms with Crippen LogP contribution < -0.4 is 10.9 Å². The van der Waals surface area contributed by atoms with Crippen molar-refractivity contribution in [3.63, 3.8) is 0 Å². The summed E-state index contributed by atoms with van der Waals surface area (Å²) < 4.78 is 0. The smallest absolute Gasteiger partial charge is 0.267 e. The first-order chi connectivity index (χ1) is 6.19. The van der Waals surface area contributed by atoms with Crippen LogP contribution >= 0.6 is 0 Å². The van der Waals surface area contributed by atoms with Gasteiger partial charge in [0.15, 0.2) is 0 Å². The van der Waals surface area contributed by atoms with E-state index < -0.39 is 0 Å². The standard InChI is InChI=1S/C9H11N3O/c1-3-11-8-4-6(2)7(5-10)9(13)12-8/h4H,3H2,1-2H3,(H2,11,12,13). The van der Waals surface area contributed by atoms with Gasteiger partial charge in [0.05, 0.1) is 0 Å². The average Bonchev–Trinajstić information content (AvgIpc) is 2.04. The van der Waals surface area contributed by atoms with E-state index in [4.69, 9.17) is 5.26 Å². The number of anilines is 1. The van der Waals surface area contributed by atoms with Gasteiger partial charge in [-0.25, -0.2) is 0 Å². The first kappa shape index (κ1) is 9.33. The van der Waals surface area contributed by atoms with Gasteiger partial charge in [0, 0.05) is 6.54 Å². The van der Waals surface area contributed by atoms with Gasteiger partial charge in [-0.3, -0.25) is 4.79 Å². The number of hydrogen-bond acceptors (Lipinski definition) is 3. The van der Waals surface area contributed by atoms with Crippen molar-refractivity contribution >= 4 is 5.82 Å². The lowest BCUT2D eigenvalue weighted by Gasteiger charge is -2.04. The summed E-state index contributed by atoms with van der Waals surface area (Å²) in [5.41, 5.74) is 0.544. The summed E-state index contributed by atoms with van der Waals surface area (Å²) in [6, 6.07) is 3.61. The van der Waals surface area contributed by atoms with Crippen LogP contribution in [0.15, 0.2) is 10.9 Å². The maximum atomic E-state index is 11.2. The minimum atomic E-state index is -0.335. The molecule has 0 atom stereocenters. The molecule has 1 aromatic rings. The van der Waals surface area contributed by atoms with E-state index in [-0.39, 0.29) is 11.1 Å². The molecule has 4 nitrogen and oxygen atoms in total. The monoisotopic (exact) mass is 177 g/mol. The van der Waals surface area contributed by atoms with Crippen LogP contribution in [0, 0.1) is 18.3 Å². The van der Waals surface area contributed by atoms with Crippen LogP contribution in [0.4, 0.5) is 5.82 Å². The molecule has 1 heterocycles. The highest BCUT2D eigenvalue weighted by atomic mass is 16.1. The van der Waals surface area contributed by atoms with Gasteiger partial charge in [-0.05, 0) is 25.5 Å². The van der Waals surface area contributed by atoms with E-state index in [1.165, 1.54) is 0 Å². The Morgan fingerprint density at radius 1 is 1.69 bits per heavy atom. The number of H-pyrrole nitrogens is 1. The van der Waals surface area contributed by atoms with E-state index in [0.29, 0.717) is 11.4 Å². The van der Waals surface area contributed by atoms with Crippen molar-refractivity contribution < 1.29 is 0 Å². The summed E-state index contributed by atoms with van der Waals surface area (Å²) in [5, 5.41) is 11.6. The summed E-state index contributed by atoms with van der Waals surface area (Å²) in [4.78, 5) is 13.8. The first-order valence-corrected chi connectivity index (χ1v) is 4.07. The molecule has 0 saturated carbocycles. The van der Waals surface area contributed by atoms with Crippen molar-refractivity contribution in [3.8, 4) is 6.07 Å². The Morgan fingerprint density at radius 3 is 2.85 bits per heavy atom. The Morgan fingerprint density at radius 2 is 2.38 bits per heavy atom. The Balaban J connectivity index is 3.23. The lowest BCUT2D eigenvalue weighted by Crippen LogP contribution is -2.14. The number of nitrogens with one attached hydrogen (secondary N) is 2. The lowest BCUT2D eigenvalue weighted by molar-refractivity contribution is 1.11. The quantitative estimate of drug-likeness (QED) is 0.707. The van der Waals surface area contributed by atoms with Gasteiger partial charge in [-0.2, -0.15) is 5.26 Å². The molecule has 4 heteroatoms. The molecule has 1 aromatic heterocycles. The minimum Gasteiger partial charge on any atom is -0.372 e. The van der Waals surface area contributed by atoms with Crippen LogP contribution in [0.2, 0.25) is 0 Å². The second-order valence-electron chi connectivity index (χ2n) is 2.71. The summed E-state index contributed by atoms with van der Waals surface area (Å²) >= 11 is 0. The second-order valence-corrected chi connectivity index (χ2v) is 2.71. The molecule has 0 bridgehead atoms. The fourth-order valence-corrected chi connectivity index (χ4v) is 1.11. The number of rotatable bonds is 2. The van der Waals surface area contributed by atoms with E-state index in [9.17, 15) is 4.79 Å². The van der Waals surface area contributed by atoms with Crippen molar-refractivity contribution in [2.24, 2.45) is 0 Å². The molecule has 68 valence electrons. The molecule has 0 saturated heterocycles. The fraction of sp³-hybridized carbons (Fsp3) is 0.333. The zero-order chi connectivity index (χ0) is 9.84. The molecular formula is C9H11N3O. The third kappa shape index (κ3) is 1.88. The Hall–Kier alpha value is -1.76. The zero-order valence-electron chi connectivity index (χ0n) is 7.64. The predicted octanol–water partition coefficient (Wildman–Crippen LogP) is 0.987. The van der Waals surface area contributed by atoms with Crippen molar-refractivity contribution in [3.05, 3.63) is 27.5 Å². The molecule has 0 spiro atoms. The molecule has 0 aromatic carbocycles. The average molecular weight is 177 g/mol. The number of hydrogen-bond donors (Lipinski definition) is 2. The largest absolute Gasteiger partial charge is 0.372 e. The van der Waals surface area contributed by atoms with Crippen LogP contribution in [-0.4, -0.2) is 11.5 Å². The van der Waals surface area contributed by atoms with E-state index in [1.54, 1.807) is 13.0 Å². The van der Waals surface area contributed by atoms with Crippen molar-refractivity contribution in [2.75, 3.05) is 11.9 Å². The van der Waals surface area contributed by atoms with Gasteiger partial charge in [0.1, 0.15) is 17.5 Å². The Bertz CT molecular complexity index is 400. The molecule has 0 aliphatic rings. The van der Waals surface area contributed by atoms with Gasteiger partial charge in [0.25, 0.3) is 5.56 Å².